The normalized spacial score (nSPS) is 22.0. The lowest BCUT2D eigenvalue weighted by Crippen LogP contribution is -2.52. The average Bonchev–Trinajstić information content (AvgIpc) is 2.53. The maximum absolute atomic E-state index is 12.9. The predicted molar refractivity (Wildman–Crippen MR) is 91.4 cm³/mol. The van der Waals surface area contributed by atoms with Crippen LogP contribution in [-0.2, 0) is 16.0 Å². The first kappa shape index (κ1) is 18.4. The van der Waals surface area contributed by atoms with Crippen molar-refractivity contribution in [2.45, 2.75) is 57.5 Å². The van der Waals surface area contributed by atoms with Crippen LogP contribution in [0.15, 0.2) is 18.2 Å². The van der Waals surface area contributed by atoms with Gasteiger partial charge in [-0.05, 0) is 31.9 Å². The lowest BCUT2D eigenvalue weighted by molar-refractivity contribution is -0.145. The van der Waals surface area contributed by atoms with Crippen molar-refractivity contribution in [1.82, 2.24) is 9.88 Å². The second-order valence-electron chi connectivity index (χ2n) is 6.73. The summed E-state index contributed by atoms with van der Waals surface area (Å²) in [6, 6.07) is 5.55. The number of pyridine rings is 1. The van der Waals surface area contributed by atoms with Gasteiger partial charge in [0.25, 0.3) is 0 Å². The summed E-state index contributed by atoms with van der Waals surface area (Å²) in [6.45, 7) is 1.88. The van der Waals surface area contributed by atoms with Crippen molar-refractivity contribution >= 4 is 11.9 Å². The molecule has 1 fully saturated rings. The lowest BCUT2D eigenvalue weighted by Gasteiger charge is -2.37. The molecule has 1 aromatic rings. The quantitative estimate of drug-likeness (QED) is 0.827. The summed E-state index contributed by atoms with van der Waals surface area (Å²) in [5, 5.41) is 9.19. The van der Waals surface area contributed by atoms with Crippen LogP contribution in [0, 0.1) is 12.8 Å². The van der Waals surface area contributed by atoms with Crippen molar-refractivity contribution in [2.24, 2.45) is 11.7 Å². The van der Waals surface area contributed by atoms with E-state index in [-0.39, 0.29) is 24.4 Å². The van der Waals surface area contributed by atoms with Gasteiger partial charge < -0.3 is 15.7 Å². The Bertz CT molecular complexity index is 591. The molecule has 0 bridgehead atoms. The second-order valence-corrected chi connectivity index (χ2v) is 6.73. The molecule has 6 nitrogen and oxygen atoms in total. The van der Waals surface area contributed by atoms with E-state index >= 15 is 0 Å². The number of likely N-dealkylation sites (N-methyl/N-ethyl adjacent to an activating group) is 1. The number of nitrogens with two attached hydrogens (primary N) is 1. The van der Waals surface area contributed by atoms with Crippen LogP contribution in [-0.4, -0.2) is 46.0 Å². The van der Waals surface area contributed by atoms with Crippen LogP contribution < -0.4 is 5.73 Å². The molecule has 0 aliphatic heterocycles. The Labute approximate surface area is 143 Å². The molecule has 24 heavy (non-hydrogen) atoms. The van der Waals surface area contributed by atoms with Gasteiger partial charge in [-0.1, -0.05) is 18.9 Å². The third-order valence-corrected chi connectivity index (χ3v) is 4.80. The summed E-state index contributed by atoms with van der Waals surface area (Å²) in [4.78, 5) is 30.2. The number of rotatable bonds is 6. The van der Waals surface area contributed by atoms with Crippen LogP contribution in [0.1, 0.15) is 43.5 Å². The van der Waals surface area contributed by atoms with Gasteiger partial charge >= 0.3 is 5.97 Å². The van der Waals surface area contributed by atoms with Crippen molar-refractivity contribution < 1.29 is 14.7 Å². The number of carboxylic acid groups (broad SMARTS) is 1. The summed E-state index contributed by atoms with van der Waals surface area (Å²) in [5.41, 5.74) is 7.77. The smallest absolute Gasteiger partial charge is 0.304 e. The first-order valence-corrected chi connectivity index (χ1v) is 8.55. The molecule has 0 aromatic carbocycles. The molecule has 6 heteroatoms. The first-order valence-electron chi connectivity index (χ1n) is 8.55. The topological polar surface area (TPSA) is 96.5 Å². The molecular weight excluding hydrogens is 306 g/mol. The second kappa shape index (κ2) is 8.24. The molecule has 3 atom stereocenters. The molecule has 1 aliphatic carbocycles. The summed E-state index contributed by atoms with van der Waals surface area (Å²) in [5.74, 6) is -1.73. The Morgan fingerprint density at radius 3 is 2.71 bits per heavy atom. The van der Waals surface area contributed by atoms with Gasteiger partial charge in [0.2, 0.25) is 5.91 Å². The molecule has 1 aromatic heterocycles. The number of hydrogen-bond acceptors (Lipinski definition) is 4. The molecule has 0 radical (unpaired) electrons. The van der Waals surface area contributed by atoms with E-state index in [1.165, 1.54) is 0 Å². The number of hydrogen-bond donors (Lipinski definition) is 2. The molecular formula is C18H27N3O3. The van der Waals surface area contributed by atoms with E-state index in [9.17, 15) is 14.7 Å². The number of amides is 1. The minimum atomic E-state index is -0.970. The summed E-state index contributed by atoms with van der Waals surface area (Å²) in [6.07, 6.45) is 4.07. The standard InChI is InChI=1S/C18H27N3O3/c1-12-6-5-7-14(20-12)10-13(11-17(22)23)18(24)21(2)16-9-4-3-8-15(16)19/h5-7,13,15-16H,3-4,8-11,19H2,1-2H3,(H,22,23)/t13-,15+,16+/m1/s1. The van der Waals surface area contributed by atoms with Crippen LogP contribution in [0.3, 0.4) is 0 Å². The number of carbonyl (C=O) groups is 2. The zero-order valence-corrected chi connectivity index (χ0v) is 14.4. The maximum Gasteiger partial charge on any atom is 0.304 e. The van der Waals surface area contributed by atoms with E-state index in [1.54, 1.807) is 11.9 Å². The average molecular weight is 333 g/mol. The van der Waals surface area contributed by atoms with E-state index in [0.29, 0.717) is 6.42 Å². The van der Waals surface area contributed by atoms with Gasteiger partial charge in [0.1, 0.15) is 0 Å². The van der Waals surface area contributed by atoms with Crippen molar-refractivity contribution in [3.05, 3.63) is 29.6 Å². The predicted octanol–water partition coefficient (Wildman–Crippen LogP) is 1.75. The Kier molecular flexibility index (Phi) is 6.31. The SMILES string of the molecule is Cc1cccc(C[C@H](CC(=O)O)C(=O)N(C)[C@H]2CCCC[C@@H]2N)n1. The van der Waals surface area contributed by atoms with Crippen LogP contribution in [0.2, 0.25) is 0 Å². The van der Waals surface area contributed by atoms with E-state index in [4.69, 9.17) is 5.73 Å². The minimum absolute atomic E-state index is 0.00647. The zero-order valence-electron chi connectivity index (χ0n) is 14.4. The largest absolute Gasteiger partial charge is 0.481 e. The molecule has 0 spiro atoms. The fourth-order valence-electron chi connectivity index (χ4n) is 3.50. The molecule has 1 saturated carbocycles. The van der Waals surface area contributed by atoms with Gasteiger partial charge in [0.15, 0.2) is 0 Å². The summed E-state index contributed by atoms with van der Waals surface area (Å²) >= 11 is 0. The molecule has 0 saturated heterocycles. The fourth-order valence-corrected chi connectivity index (χ4v) is 3.50. The summed E-state index contributed by atoms with van der Waals surface area (Å²) in [7, 11) is 1.75. The Morgan fingerprint density at radius 1 is 1.38 bits per heavy atom. The number of aryl methyl sites for hydroxylation is 1. The van der Waals surface area contributed by atoms with E-state index in [2.05, 4.69) is 4.98 Å². The fraction of sp³-hybridized carbons (Fsp3) is 0.611. The maximum atomic E-state index is 12.9. The van der Waals surface area contributed by atoms with E-state index in [0.717, 1.165) is 37.1 Å². The number of carboxylic acids is 1. The van der Waals surface area contributed by atoms with Crippen LogP contribution in [0.4, 0.5) is 0 Å². The number of nitrogens with zero attached hydrogens (tertiary/aromatic N) is 2. The molecule has 1 aliphatic rings. The Hall–Kier alpha value is -1.95. The van der Waals surface area contributed by atoms with Gasteiger partial charge in [-0.2, -0.15) is 0 Å². The number of carbonyl (C=O) groups excluding carboxylic acids is 1. The highest BCUT2D eigenvalue weighted by molar-refractivity contribution is 5.83. The highest BCUT2D eigenvalue weighted by Gasteiger charge is 2.33. The van der Waals surface area contributed by atoms with E-state index in [1.807, 2.05) is 25.1 Å². The highest BCUT2D eigenvalue weighted by atomic mass is 16.4. The lowest BCUT2D eigenvalue weighted by atomic mass is 9.88. The molecule has 132 valence electrons. The number of aromatic nitrogens is 1. The third-order valence-electron chi connectivity index (χ3n) is 4.80. The van der Waals surface area contributed by atoms with Crippen LogP contribution >= 0.6 is 0 Å². The van der Waals surface area contributed by atoms with Gasteiger partial charge in [-0.3, -0.25) is 14.6 Å². The van der Waals surface area contributed by atoms with Crippen molar-refractivity contribution in [3.63, 3.8) is 0 Å². The minimum Gasteiger partial charge on any atom is -0.481 e. The van der Waals surface area contributed by atoms with Crippen molar-refractivity contribution in [1.29, 1.82) is 0 Å². The highest BCUT2D eigenvalue weighted by Crippen LogP contribution is 2.24. The Morgan fingerprint density at radius 2 is 2.08 bits per heavy atom. The zero-order chi connectivity index (χ0) is 17.7. The van der Waals surface area contributed by atoms with Crippen molar-refractivity contribution in [2.75, 3.05) is 7.05 Å². The molecule has 1 heterocycles. The molecule has 2 rings (SSSR count). The third kappa shape index (κ3) is 4.77. The number of aliphatic carboxylic acids is 1. The Balaban J connectivity index is 2.13. The van der Waals surface area contributed by atoms with Crippen LogP contribution in [0.25, 0.3) is 0 Å². The van der Waals surface area contributed by atoms with E-state index < -0.39 is 11.9 Å². The van der Waals surface area contributed by atoms with Gasteiger partial charge in [-0.15, -0.1) is 0 Å². The van der Waals surface area contributed by atoms with Gasteiger partial charge in [-0.25, -0.2) is 0 Å². The molecule has 3 N–H and O–H groups in total. The monoisotopic (exact) mass is 333 g/mol. The first-order chi connectivity index (χ1) is 11.4. The van der Waals surface area contributed by atoms with Crippen molar-refractivity contribution in [3.8, 4) is 0 Å². The van der Waals surface area contributed by atoms with Gasteiger partial charge in [0, 0.05) is 36.9 Å². The molecule has 0 unspecified atom stereocenters. The molecule has 1 amide bonds. The van der Waals surface area contributed by atoms with Crippen LogP contribution in [0.5, 0.6) is 0 Å². The van der Waals surface area contributed by atoms with Gasteiger partial charge in [0.05, 0.1) is 12.3 Å². The summed E-state index contributed by atoms with van der Waals surface area (Å²) < 4.78 is 0.